The van der Waals surface area contributed by atoms with Crippen molar-refractivity contribution in [2.45, 2.75) is 6.61 Å². The first kappa shape index (κ1) is 12.8. The van der Waals surface area contributed by atoms with Crippen molar-refractivity contribution in [3.8, 4) is 17.6 Å². The Morgan fingerprint density at radius 2 is 1.84 bits per heavy atom. The van der Waals surface area contributed by atoms with Crippen molar-refractivity contribution in [1.82, 2.24) is 0 Å². The Bertz CT molecular complexity index is 576. The molecule has 0 atom stereocenters. The van der Waals surface area contributed by atoms with Crippen molar-refractivity contribution in [3.05, 3.63) is 54.1 Å². The summed E-state index contributed by atoms with van der Waals surface area (Å²) in [5.74, 6) is 1.17. The summed E-state index contributed by atoms with van der Waals surface area (Å²) < 4.78 is 10.8. The number of nitrogens with zero attached hydrogens (tertiary/aromatic N) is 1. The molecule has 0 fully saturated rings. The van der Waals surface area contributed by atoms with Crippen molar-refractivity contribution >= 4 is 5.69 Å². The number of nitriles is 1. The van der Waals surface area contributed by atoms with Crippen LogP contribution < -0.4 is 15.2 Å². The number of nitrogen functional groups attached to an aromatic ring is 1. The van der Waals surface area contributed by atoms with Crippen molar-refractivity contribution < 1.29 is 9.47 Å². The second-order valence-electron chi connectivity index (χ2n) is 3.92. The standard InChI is InChI=1S/C15H14N2O2/c16-8-9-18-13-6-7-15(14(17)10-13)19-11-12-4-2-1-3-5-12/h1-7,10H,9,11,17H2. The maximum atomic E-state index is 8.43. The van der Waals surface area contributed by atoms with E-state index in [1.165, 1.54) is 0 Å². The highest BCUT2D eigenvalue weighted by Crippen LogP contribution is 2.27. The van der Waals surface area contributed by atoms with Crippen LogP contribution in [0.25, 0.3) is 0 Å². The fraction of sp³-hybridized carbons (Fsp3) is 0.133. The number of hydrogen-bond acceptors (Lipinski definition) is 4. The highest BCUT2D eigenvalue weighted by atomic mass is 16.5. The van der Waals surface area contributed by atoms with Crippen molar-refractivity contribution in [1.29, 1.82) is 5.26 Å². The normalized spacial score (nSPS) is 9.63. The van der Waals surface area contributed by atoms with Crippen LogP contribution in [0.5, 0.6) is 11.5 Å². The van der Waals surface area contributed by atoms with Crippen LogP contribution in [0, 0.1) is 11.3 Å². The van der Waals surface area contributed by atoms with Crippen molar-refractivity contribution in [2.24, 2.45) is 0 Å². The molecule has 96 valence electrons. The van der Waals surface area contributed by atoms with E-state index in [0.29, 0.717) is 23.8 Å². The lowest BCUT2D eigenvalue weighted by Gasteiger charge is -2.10. The molecule has 0 aliphatic heterocycles. The molecule has 19 heavy (non-hydrogen) atoms. The third-order valence-electron chi connectivity index (χ3n) is 2.52. The highest BCUT2D eigenvalue weighted by molar-refractivity contribution is 5.56. The molecule has 4 heteroatoms. The van der Waals surface area contributed by atoms with Gasteiger partial charge in [0.1, 0.15) is 24.2 Å². The topological polar surface area (TPSA) is 68.3 Å². The minimum atomic E-state index is 0.00363. The largest absolute Gasteiger partial charge is 0.487 e. The number of hydrogen-bond donors (Lipinski definition) is 1. The Morgan fingerprint density at radius 1 is 1.05 bits per heavy atom. The van der Waals surface area contributed by atoms with E-state index in [0.717, 1.165) is 5.56 Å². The molecule has 2 aromatic carbocycles. The predicted octanol–water partition coefficient (Wildman–Crippen LogP) is 2.75. The van der Waals surface area contributed by atoms with Crippen LogP contribution in [0.4, 0.5) is 5.69 Å². The van der Waals surface area contributed by atoms with Crippen LogP contribution in [0.1, 0.15) is 5.56 Å². The zero-order valence-electron chi connectivity index (χ0n) is 10.4. The van der Waals surface area contributed by atoms with E-state index in [2.05, 4.69) is 0 Å². The molecule has 2 rings (SSSR count). The van der Waals surface area contributed by atoms with E-state index in [1.807, 2.05) is 36.4 Å². The highest BCUT2D eigenvalue weighted by Gasteiger charge is 2.03. The van der Waals surface area contributed by atoms with Crippen LogP contribution in [-0.2, 0) is 6.61 Å². The summed E-state index contributed by atoms with van der Waals surface area (Å²) in [5, 5.41) is 8.43. The first-order valence-corrected chi connectivity index (χ1v) is 5.85. The van der Waals surface area contributed by atoms with Gasteiger partial charge in [0.2, 0.25) is 0 Å². The minimum Gasteiger partial charge on any atom is -0.487 e. The lowest BCUT2D eigenvalue weighted by Crippen LogP contribution is -2.00. The SMILES string of the molecule is N#CCOc1ccc(OCc2ccccc2)c(N)c1. The fourth-order valence-electron chi connectivity index (χ4n) is 1.60. The third kappa shape index (κ3) is 3.65. The summed E-state index contributed by atoms with van der Waals surface area (Å²) in [6, 6.07) is 16.9. The van der Waals surface area contributed by atoms with Gasteiger partial charge in [0.15, 0.2) is 6.61 Å². The molecule has 0 aliphatic rings. The summed E-state index contributed by atoms with van der Waals surface area (Å²) in [6.07, 6.45) is 0. The molecule has 0 spiro atoms. The first-order chi connectivity index (χ1) is 9.29. The van der Waals surface area contributed by atoms with Crippen LogP contribution in [-0.4, -0.2) is 6.61 Å². The van der Waals surface area contributed by atoms with E-state index < -0.39 is 0 Å². The third-order valence-corrected chi connectivity index (χ3v) is 2.52. The number of rotatable bonds is 5. The number of ether oxygens (including phenoxy) is 2. The zero-order chi connectivity index (χ0) is 13.5. The summed E-state index contributed by atoms with van der Waals surface area (Å²) in [6.45, 7) is 0.465. The number of benzene rings is 2. The van der Waals surface area contributed by atoms with Crippen LogP contribution >= 0.6 is 0 Å². The molecule has 0 saturated carbocycles. The second-order valence-corrected chi connectivity index (χ2v) is 3.92. The quantitative estimate of drug-likeness (QED) is 0.833. The number of anilines is 1. The Labute approximate surface area is 112 Å². The molecule has 0 amide bonds. The molecular weight excluding hydrogens is 240 g/mol. The molecule has 0 saturated heterocycles. The van der Waals surface area contributed by atoms with Gasteiger partial charge in [0, 0.05) is 6.07 Å². The maximum absolute atomic E-state index is 8.43. The van der Waals surface area contributed by atoms with Gasteiger partial charge in [-0.2, -0.15) is 5.26 Å². The molecule has 0 heterocycles. The monoisotopic (exact) mass is 254 g/mol. The van der Waals surface area contributed by atoms with Gasteiger partial charge < -0.3 is 15.2 Å². The van der Waals surface area contributed by atoms with Gasteiger partial charge in [-0.25, -0.2) is 0 Å². The van der Waals surface area contributed by atoms with Gasteiger partial charge >= 0.3 is 0 Å². The molecule has 0 unspecified atom stereocenters. The van der Waals surface area contributed by atoms with Crippen molar-refractivity contribution in [2.75, 3.05) is 12.3 Å². The van der Waals surface area contributed by atoms with E-state index in [9.17, 15) is 0 Å². The molecule has 0 aromatic heterocycles. The molecular formula is C15H14N2O2. The Kier molecular flexibility index (Phi) is 4.25. The van der Waals surface area contributed by atoms with Crippen LogP contribution in [0.3, 0.4) is 0 Å². The summed E-state index contributed by atoms with van der Waals surface area (Å²) in [5.41, 5.74) is 7.44. The van der Waals surface area contributed by atoms with Gasteiger partial charge in [-0.1, -0.05) is 30.3 Å². The lowest BCUT2D eigenvalue weighted by atomic mass is 10.2. The summed E-state index contributed by atoms with van der Waals surface area (Å²) in [4.78, 5) is 0. The number of nitrogens with two attached hydrogens (primary N) is 1. The van der Waals surface area contributed by atoms with Gasteiger partial charge in [-0.15, -0.1) is 0 Å². The van der Waals surface area contributed by atoms with Gasteiger partial charge in [0.05, 0.1) is 5.69 Å². The molecule has 0 bridgehead atoms. The fourth-order valence-corrected chi connectivity index (χ4v) is 1.60. The Hall–Kier alpha value is -2.67. The average molecular weight is 254 g/mol. The first-order valence-electron chi connectivity index (χ1n) is 5.85. The summed E-state index contributed by atoms with van der Waals surface area (Å²) in [7, 11) is 0. The molecule has 2 aromatic rings. The van der Waals surface area contributed by atoms with Gasteiger partial charge in [-0.05, 0) is 17.7 Å². The second kappa shape index (κ2) is 6.31. The van der Waals surface area contributed by atoms with E-state index in [4.69, 9.17) is 20.5 Å². The zero-order valence-corrected chi connectivity index (χ0v) is 10.4. The smallest absolute Gasteiger partial charge is 0.174 e. The molecule has 2 N–H and O–H groups in total. The minimum absolute atomic E-state index is 0.00363. The van der Waals surface area contributed by atoms with E-state index in [1.54, 1.807) is 18.2 Å². The summed E-state index contributed by atoms with van der Waals surface area (Å²) >= 11 is 0. The average Bonchev–Trinajstić information content (AvgIpc) is 2.45. The van der Waals surface area contributed by atoms with Crippen molar-refractivity contribution in [3.63, 3.8) is 0 Å². The molecule has 0 aliphatic carbocycles. The Morgan fingerprint density at radius 3 is 2.53 bits per heavy atom. The lowest BCUT2D eigenvalue weighted by molar-refractivity contribution is 0.307. The van der Waals surface area contributed by atoms with Crippen LogP contribution in [0.15, 0.2) is 48.5 Å². The van der Waals surface area contributed by atoms with Crippen LogP contribution in [0.2, 0.25) is 0 Å². The molecule has 0 radical (unpaired) electrons. The van der Waals surface area contributed by atoms with Gasteiger partial charge in [-0.3, -0.25) is 0 Å². The predicted molar refractivity (Wildman–Crippen MR) is 72.7 cm³/mol. The van der Waals surface area contributed by atoms with Gasteiger partial charge in [0.25, 0.3) is 0 Å². The maximum Gasteiger partial charge on any atom is 0.174 e. The van der Waals surface area contributed by atoms with E-state index >= 15 is 0 Å². The Balaban J connectivity index is 1.99. The van der Waals surface area contributed by atoms with E-state index in [-0.39, 0.29) is 6.61 Å². The molecule has 4 nitrogen and oxygen atoms in total.